The molecule has 0 saturated heterocycles. The molecule has 0 bridgehead atoms. The first kappa shape index (κ1) is 13.7. The van der Waals surface area contributed by atoms with Crippen molar-refractivity contribution in [2.24, 2.45) is 5.73 Å². The van der Waals surface area contributed by atoms with Gasteiger partial charge in [0.05, 0.1) is 13.1 Å². The highest BCUT2D eigenvalue weighted by molar-refractivity contribution is 9.12. The standard InChI is InChI=1S/C12H10Br2N2OS/c13-10-5-8(11(14)18-10)12(17)16-9-4-2-1-3-7(9)6-15/h1-5H,6,15H2,(H,16,17). The van der Waals surface area contributed by atoms with Gasteiger partial charge in [0.1, 0.15) is 0 Å². The third-order valence-electron chi connectivity index (χ3n) is 2.39. The van der Waals surface area contributed by atoms with Crippen molar-refractivity contribution >= 4 is 54.8 Å². The molecule has 0 aliphatic rings. The Bertz CT molecular complexity index is 583. The molecule has 0 spiro atoms. The number of benzene rings is 1. The smallest absolute Gasteiger partial charge is 0.257 e. The van der Waals surface area contributed by atoms with Gasteiger partial charge in [0, 0.05) is 12.2 Å². The summed E-state index contributed by atoms with van der Waals surface area (Å²) in [7, 11) is 0. The Kier molecular flexibility index (Phi) is 4.55. The zero-order valence-corrected chi connectivity index (χ0v) is 13.2. The molecule has 3 N–H and O–H groups in total. The van der Waals surface area contributed by atoms with Gasteiger partial charge in [0.25, 0.3) is 5.91 Å². The van der Waals surface area contributed by atoms with Crippen molar-refractivity contribution in [1.29, 1.82) is 0 Å². The number of thiophene rings is 1. The second-order valence-corrected chi connectivity index (χ2v) is 7.30. The average molecular weight is 390 g/mol. The topological polar surface area (TPSA) is 55.1 Å². The highest BCUT2D eigenvalue weighted by atomic mass is 79.9. The van der Waals surface area contributed by atoms with Crippen LogP contribution in [0.4, 0.5) is 5.69 Å². The van der Waals surface area contributed by atoms with E-state index in [4.69, 9.17) is 5.73 Å². The summed E-state index contributed by atoms with van der Waals surface area (Å²) in [5, 5.41) is 2.87. The van der Waals surface area contributed by atoms with Gasteiger partial charge in [-0.1, -0.05) is 18.2 Å². The van der Waals surface area contributed by atoms with Crippen LogP contribution in [0.5, 0.6) is 0 Å². The van der Waals surface area contributed by atoms with Crippen LogP contribution in [-0.2, 0) is 6.54 Å². The molecular formula is C12H10Br2N2OS. The van der Waals surface area contributed by atoms with Crippen LogP contribution in [0.25, 0.3) is 0 Å². The average Bonchev–Trinajstić information content (AvgIpc) is 2.69. The van der Waals surface area contributed by atoms with Crippen LogP contribution >= 0.6 is 43.2 Å². The molecule has 2 rings (SSSR count). The number of hydrogen-bond acceptors (Lipinski definition) is 3. The van der Waals surface area contributed by atoms with Gasteiger partial charge in [0.15, 0.2) is 0 Å². The minimum Gasteiger partial charge on any atom is -0.326 e. The molecular weight excluding hydrogens is 380 g/mol. The summed E-state index contributed by atoms with van der Waals surface area (Å²) >= 11 is 8.19. The lowest BCUT2D eigenvalue weighted by molar-refractivity contribution is 0.102. The van der Waals surface area contributed by atoms with Crippen molar-refractivity contribution in [3.8, 4) is 0 Å². The maximum atomic E-state index is 12.1. The summed E-state index contributed by atoms with van der Waals surface area (Å²) in [5.41, 5.74) is 7.91. The van der Waals surface area contributed by atoms with E-state index in [0.29, 0.717) is 12.1 Å². The van der Waals surface area contributed by atoms with E-state index in [-0.39, 0.29) is 5.91 Å². The van der Waals surface area contributed by atoms with Crippen molar-refractivity contribution in [2.45, 2.75) is 6.54 Å². The second-order valence-electron chi connectivity index (χ2n) is 3.55. The fraction of sp³-hybridized carbons (Fsp3) is 0.0833. The van der Waals surface area contributed by atoms with Crippen molar-refractivity contribution in [3.63, 3.8) is 0 Å². The molecule has 0 aliphatic heterocycles. The first-order valence-corrected chi connectivity index (χ1v) is 7.56. The van der Waals surface area contributed by atoms with Gasteiger partial charge in [-0.25, -0.2) is 0 Å². The lowest BCUT2D eigenvalue weighted by Gasteiger charge is -2.08. The first-order valence-electron chi connectivity index (χ1n) is 5.16. The van der Waals surface area contributed by atoms with Gasteiger partial charge in [-0.15, -0.1) is 11.3 Å². The number of para-hydroxylation sites is 1. The molecule has 2 aromatic rings. The van der Waals surface area contributed by atoms with Crippen LogP contribution < -0.4 is 11.1 Å². The number of halogens is 2. The number of nitrogens with one attached hydrogen (secondary N) is 1. The zero-order chi connectivity index (χ0) is 13.1. The number of nitrogens with two attached hydrogens (primary N) is 1. The first-order chi connectivity index (χ1) is 8.61. The predicted octanol–water partition coefficient (Wildman–Crippen LogP) is 3.98. The van der Waals surface area contributed by atoms with Crippen molar-refractivity contribution in [3.05, 3.63) is 49.0 Å². The molecule has 0 atom stereocenters. The van der Waals surface area contributed by atoms with Gasteiger partial charge >= 0.3 is 0 Å². The minimum absolute atomic E-state index is 0.148. The predicted molar refractivity (Wildman–Crippen MR) is 82.0 cm³/mol. The molecule has 18 heavy (non-hydrogen) atoms. The highest BCUT2D eigenvalue weighted by Crippen LogP contribution is 2.32. The number of carbonyl (C=O) groups excluding carboxylic acids is 1. The summed E-state index contributed by atoms with van der Waals surface area (Å²) in [6, 6.07) is 9.29. The van der Waals surface area contributed by atoms with Crippen molar-refractivity contribution < 1.29 is 4.79 Å². The van der Waals surface area contributed by atoms with E-state index in [0.717, 1.165) is 18.8 Å². The third-order valence-corrected chi connectivity index (χ3v) is 4.73. The summed E-state index contributed by atoms with van der Waals surface area (Å²) in [6.07, 6.45) is 0. The highest BCUT2D eigenvalue weighted by Gasteiger charge is 2.14. The Morgan fingerprint density at radius 3 is 2.67 bits per heavy atom. The molecule has 1 aromatic carbocycles. The maximum absolute atomic E-state index is 12.1. The fourth-order valence-electron chi connectivity index (χ4n) is 1.50. The Morgan fingerprint density at radius 1 is 1.33 bits per heavy atom. The van der Waals surface area contributed by atoms with Gasteiger partial charge in [-0.2, -0.15) is 0 Å². The number of hydrogen-bond donors (Lipinski definition) is 2. The van der Waals surface area contributed by atoms with Gasteiger partial charge in [0.2, 0.25) is 0 Å². The summed E-state index contributed by atoms with van der Waals surface area (Å²) < 4.78 is 1.71. The Balaban J connectivity index is 2.24. The Hall–Kier alpha value is -0.690. The van der Waals surface area contributed by atoms with E-state index in [1.54, 1.807) is 6.07 Å². The molecule has 0 aliphatic carbocycles. The molecule has 0 radical (unpaired) electrons. The summed E-state index contributed by atoms with van der Waals surface area (Å²) in [6.45, 7) is 0.394. The Morgan fingerprint density at radius 2 is 2.06 bits per heavy atom. The number of carbonyl (C=O) groups is 1. The maximum Gasteiger partial charge on any atom is 0.257 e. The zero-order valence-electron chi connectivity index (χ0n) is 9.24. The molecule has 0 fully saturated rings. The molecule has 1 aromatic heterocycles. The lowest BCUT2D eigenvalue weighted by atomic mass is 10.1. The summed E-state index contributed by atoms with van der Waals surface area (Å²) in [4.78, 5) is 12.1. The van der Waals surface area contributed by atoms with Crippen LogP contribution in [-0.4, -0.2) is 5.91 Å². The molecule has 0 unspecified atom stereocenters. The third kappa shape index (κ3) is 3.00. The molecule has 94 valence electrons. The molecule has 0 saturated carbocycles. The fourth-order valence-corrected chi connectivity index (χ4v) is 4.30. The number of rotatable bonds is 3. The van der Waals surface area contributed by atoms with Crippen LogP contribution in [0.2, 0.25) is 0 Å². The monoisotopic (exact) mass is 388 g/mol. The SMILES string of the molecule is NCc1ccccc1NC(=O)c1cc(Br)sc1Br. The van der Waals surface area contributed by atoms with Crippen LogP contribution in [0.1, 0.15) is 15.9 Å². The number of amides is 1. The van der Waals surface area contributed by atoms with E-state index in [1.165, 1.54) is 11.3 Å². The molecule has 6 heteroatoms. The van der Waals surface area contributed by atoms with E-state index in [1.807, 2.05) is 24.3 Å². The van der Waals surface area contributed by atoms with Gasteiger partial charge < -0.3 is 11.1 Å². The van der Waals surface area contributed by atoms with E-state index in [2.05, 4.69) is 37.2 Å². The molecule has 1 heterocycles. The number of anilines is 1. The molecule has 1 amide bonds. The van der Waals surface area contributed by atoms with E-state index in [9.17, 15) is 4.79 Å². The second kappa shape index (κ2) is 5.97. The molecule has 3 nitrogen and oxygen atoms in total. The quantitative estimate of drug-likeness (QED) is 0.833. The normalized spacial score (nSPS) is 10.4. The van der Waals surface area contributed by atoms with Gasteiger partial charge in [-0.3, -0.25) is 4.79 Å². The largest absolute Gasteiger partial charge is 0.326 e. The van der Waals surface area contributed by atoms with Crippen LogP contribution in [0.3, 0.4) is 0 Å². The van der Waals surface area contributed by atoms with Crippen LogP contribution in [0, 0.1) is 0 Å². The van der Waals surface area contributed by atoms with E-state index >= 15 is 0 Å². The van der Waals surface area contributed by atoms with Gasteiger partial charge in [-0.05, 0) is 49.6 Å². The van der Waals surface area contributed by atoms with Crippen LogP contribution in [0.15, 0.2) is 37.9 Å². The Labute approximate surface area is 126 Å². The van der Waals surface area contributed by atoms with Crippen molar-refractivity contribution in [2.75, 3.05) is 5.32 Å². The lowest BCUT2D eigenvalue weighted by Crippen LogP contribution is -2.13. The minimum atomic E-state index is -0.148. The van der Waals surface area contributed by atoms with E-state index < -0.39 is 0 Å². The van der Waals surface area contributed by atoms with Crippen molar-refractivity contribution in [1.82, 2.24) is 0 Å². The summed E-state index contributed by atoms with van der Waals surface area (Å²) in [5.74, 6) is -0.148.